The van der Waals surface area contributed by atoms with Crippen LogP contribution in [0.3, 0.4) is 0 Å². The molecule has 0 amide bonds. The third-order valence-corrected chi connectivity index (χ3v) is 3.41. The molecule has 0 aliphatic carbocycles. The van der Waals surface area contributed by atoms with Gasteiger partial charge in [0.05, 0.1) is 5.60 Å². The van der Waals surface area contributed by atoms with Gasteiger partial charge in [0.2, 0.25) is 0 Å². The molecule has 1 N–H and O–H groups in total. The molecule has 0 bridgehead atoms. The van der Waals surface area contributed by atoms with E-state index >= 15 is 0 Å². The minimum absolute atomic E-state index is 0.299. The van der Waals surface area contributed by atoms with E-state index in [0.717, 1.165) is 19.5 Å². The van der Waals surface area contributed by atoms with Crippen LogP contribution in [0.4, 0.5) is 0 Å². The average molecular weight is 219 g/mol. The van der Waals surface area contributed by atoms with Gasteiger partial charge in [0.15, 0.2) is 0 Å². The molecular weight excluding hydrogens is 198 g/mol. The lowest BCUT2D eigenvalue weighted by Crippen LogP contribution is -2.45. The Hall–Kier alpha value is -0.860. The first-order valence-electron chi connectivity index (χ1n) is 6.08. The Bertz CT molecular complexity index is 328. The van der Waals surface area contributed by atoms with Gasteiger partial charge in [-0.2, -0.15) is 0 Å². The van der Waals surface area contributed by atoms with Crippen molar-refractivity contribution in [1.29, 1.82) is 0 Å². The van der Waals surface area contributed by atoms with E-state index in [1.165, 1.54) is 12.0 Å². The summed E-state index contributed by atoms with van der Waals surface area (Å²) in [6, 6.07) is 10.8. The number of hydrogen-bond donors (Lipinski definition) is 1. The second kappa shape index (κ2) is 4.56. The summed E-state index contributed by atoms with van der Waals surface area (Å²) in [5, 5.41) is 10.1. The lowest BCUT2D eigenvalue weighted by atomic mass is 9.96. The highest BCUT2D eigenvalue weighted by atomic mass is 16.3. The molecule has 1 aliphatic rings. The molecule has 1 aromatic rings. The molecule has 16 heavy (non-hydrogen) atoms. The zero-order valence-corrected chi connectivity index (χ0v) is 10.2. The summed E-state index contributed by atoms with van der Waals surface area (Å²) in [7, 11) is 0. The molecule has 1 atom stereocenters. The van der Waals surface area contributed by atoms with Crippen molar-refractivity contribution in [2.24, 2.45) is 0 Å². The standard InChI is InChI=1S/C14H21NO/c1-14(2,16)13-9-6-10-15(13)11-12-7-4-3-5-8-12/h3-5,7-8,13,16H,6,9-11H2,1-2H3. The van der Waals surface area contributed by atoms with Gasteiger partial charge in [-0.1, -0.05) is 30.3 Å². The highest BCUT2D eigenvalue weighted by Crippen LogP contribution is 2.27. The van der Waals surface area contributed by atoms with Gasteiger partial charge in [0.25, 0.3) is 0 Å². The van der Waals surface area contributed by atoms with Crippen LogP contribution < -0.4 is 0 Å². The molecule has 0 spiro atoms. The first-order valence-corrected chi connectivity index (χ1v) is 6.08. The fourth-order valence-corrected chi connectivity index (χ4v) is 2.63. The lowest BCUT2D eigenvalue weighted by Gasteiger charge is -2.33. The van der Waals surface area contributed by atoms with Gasteiger partial charge in [-0.05, 0) is 38.8 Å². The summed E-state index contributed by atoms with van der Waals surface area (Å²) in [5.74, 6) is 0. The molecule has 1 fully saturated rings. The Balaban J connectivity index is 2.05. The fraction of sp³-hybridized carbons (Fsp3) is 0.571. The third-order valence-electron chi connectivity index (χ3n) is 3.41. The van der Waals surface area contributed by atoms with E-state index < -0.39 is 5.60 Å². The minimum atomic E-state index is -0.592. The summed E-state index contributed by atoms with van der Waals surface area (Å²) < 4.78 is 0. The summed E-state index contributed by atoms with van der Waals surface area (Å²) >= 11 is 0. The Morgan fingerprint density at radius 3 is 2.62 bits per heavy atom. The topological polar surface area (TPSA) is 23.5 Å². The van der Waals surface area contributed by atoms with Crippen molar-refractivity contribution in [3.63, 3.8) is 0 Å². The highest BCUT2D eigenvalue weighted by Gasteiger charge is 2.35. The summed E-state index contributed by atoms with van der Waals surface area (Å²) in [6.07, 6.45) is 2.30. The van der Waals surface area contributed by atoms with E-state index in [0.29, 0.717) is 6.04 Å². The van der Waals surface area contributed by atoms with Crippen molar-refractivity contribution in [3.8, 4) is 0 Å². The number of rotatable bonds is 3. The van der Waals surface area contributed by atoms with Crippen LogP contribution in [0.25, 0.3) is 0 Å². The number of likely N-dealkylation sites (tertiary alicyclic amines) is 1. The number of aliphatic hydroxyl groups is 1. The number of hydrogen-bond acceptors (Lipinski definition) is 2. The molecule has 1 aliphatic heterocycles. The van der Waals surface area contributed by atoms with E-state index in [9.17, 15) is 5.11 Å². The molecule has 1 heterocycles. The van der Waals surface area contributed by atoms with Crippen molar-refractivity contribution in [3.05, 3.63) is 35.9 Å². The smallest absolute Gasteiger partial charge is 0.0746 e. The molecule has 2 heteroatoms. The van der Waals surface area contributed by atoms with Gasteiger partial charge in [0.1, 0.15) is 0 Å². The molecule has 1 saturated heterocycles. The van der Waals surface area contributed by atoms with E-state index in [1.807, 2.05) is 19.9 Å². The second-order valence-electron chi connectivity index (χ2n) is 5.27. The molecule has 1 aromatic carbocycles. The first-order chi connectivity index (χ1) is 7.57. The molecule has 2 rings (SSSR count). The van der Waals surface area contributed by atoms with E-state index in [2.05, 4.69) is 29.2 Å². The fourth-order valence-electron chi connectivity index (χ4n) is 2.63. The van der Waals surface area contributed by atoms with E-state index in [1.54, 1.807) is 0 Å². The van der Waals surface area contributed by atoms with Crippen LogP contribution in [0, 0.1) is 0 Å². The van der Waals surface area contributed by atoms with Crippen LogP contribution in [0.1, 0.15) is 32.3 Å². The molecule has 0 aromatic heterocycles. The third kappa shape index (κ3) is 2.63. The minimum Gasteiger partial charge on any atom is -0.389 e. The lowest BCUT2D eigenvalue weighted by molar-refractivity contribution is -0.00501. The van der Waals surface area contributed by atoms with Gasteiger partial charge >= 0.3 is 0 Å². The SMILES string of the molecule is CC(C)(O)C1CCCN1Cc1ccccc1. The average Bonchev–Trinajstić information content (AvgIpc) is 2.67. The van der Waals surface area contributed by atoms with Crippen molar-refractivity contribution in [2.45, 2.75) is 44.9 Å². The van der Waals surface area contributed by atoms with Gasteiger partial charge in [-0.25, -0.2) is 0 Å². The largest absolute Gasteiger partial charge is 0.389 e. The normalized spacial score (nSPS) is 22.6. The zero-order valence-electron chi connectivity index (χ0n) is 10.2. The number of nitrogens with zero attached hydrogens (tertiary/aromatic N) is 1. The van der Waals surface area contributed by atoms with E-state index in [4.69, 9.17) is 0 Å². The molecule has 1 unspecified atom stereocenters. The molecule has 0 saturated carbocycles. The summed E-state index contributed by atoms with van der Waals surface area (Å²) in [6.45, 7) is 5.89. The van der Waals surface area contributed by atoms with Crippen LogP contribution >= 0.6 is 0 Å². The molecule has 0 radical (unpaired) electrons. The number of benzene rings is 1. The maximum atomic E-state index is 10.1. The maximum Gasteiger partial charge on any atom is 0.0746 e. The molecular formula is C14H21NO. The van der Waals surface area contributed by atoms with Crippen molar-refractivity contribution < 1.29 is 5.11 Å². The summed E-state index contributed by atoms with van der Waals surface area (Å²) in [4.78, 5) is 2.40. The second-order valence-corrected chi connectivity index (χ2v) is 5.27. The molecule has 88 valence electrons. The monoisotopic (exact) mass is 219 g/mol. The van der Waals surface area contributed by atoms with Gasteiger partial charge in [-0.15, -0.1) is 0 Å². The van der Waals surface area contributed by atoms with Crippen LogP contribution in [-0.2, 0) is 6.54 Å². The first kappa shape index (κ1) is 11.6. The van der Waals surface area contributed by atoms with Crippen LogP contribution in [0.15, 0.2) is 30.3 Å². The van der Waals surface area contributed by atoms with Gasteiger partial charge in [-0.3, -0.25) is 4.90 Å². The highest BCUT2D eigenvalue weighted by molar-refractivity contribution is 5.15. The predicted octanol–water partition coefficient (Wildman–Crippen LogP) is 2.42. The van der Waals surface area contributed by atoms with Crippen LogP contribution in [0.2, 0.25) is 0 Å². The van der Waals surface area contributed by atoms with Gasteiger partial charge in [0, 0.05) is 12.6 Å². The quantitative estimate of drug-likeness (QED) is 0.844. The molecule has 2 nitrogen and oxygen atoms in total. The van der Waals surface area contributed by atoms with E-state index in [-0.39, 0.29) is 0 Å². The Morgan fingerprint density at radius 1 is 1.31 bits per heavy atom. The Morgan fingerprint density at radius 2 is 2.00 bits per heavy atom. The Kier molecular flexibility index (Phi) is 3.31. The maximum absolute atomic E-state index is 10.1. The van der Waals surface area contributed by atoms with Crippen LogP contribution in [-0.4, -0.2) is 28.2 Å². The summed E-state index contributed by atoms with van der Waals surface area (Å²) in [5.41, 5.74) is 0.740. The van der Waals surface area contributed by atoms with Gasteiger partial charge < -0.3 is 5.11 Å². The van der Waals surface area contributed by atoms with Crippen molar-refractivity contribution in [1.82, 2.24) is 4.90 Å². The predicted molar refractivity (Wildman–Crippen MR) is 66.2 cm³/mol. The van der Waals surface area contributed by atoms with Crippen LogP contribution in [0.5, 0.6) is 0 Å². The zero-order chi connectivity index (χ0) is 11.6. The Labute approximate surface area is 97.9 Å². The van der Waals surface area contributed by atoms with Crippen molar-refractivity contribution in [2.75, 3.05) is 6.54 Å². The van der Waals surface area contributed by atoms with Crippen molar-refractivity contribution >= 4 is 0 Å².